The van der Waals surface area contributed by atoms with E-state index in [1.54, 1.807) is 11.3 Å². The van der Waals surface area contributed by atoms with Crippen molar-refractivity contribution in [3.63, 3.8) is 0 Å². The molecule has 20 heavy (non-hydrogen) atoms. The number of hydrogen-bond donors (Lipinski definition) is 1. The molecule has 0 aromatic carbocycles. The highest BCUT2D eigenvalue weighted by Gasteiger charge is 2.48. The maximum absolute atomic E-state index is 6.23. The van der Waals surface area contributed by atoms with Gasteiger partial charge in [0.25, 0.3) is 0 Å². The zero-order valence-corrected chi connectivity index (χ0v) is 13.6. The normalized spacial score (nSPS) is 34.0. The van der Waals surface area contributed by atoms with Crippen molar-refractivity contribution in [2.24, 2.45) is 5.73 Å². The Bertz CT molecular complexity index is 458. The van der Waals surface area contributed by atoms with E-state index in [0.717, 1.165) is 25.2 Å². The minimum Gasteiger partial charge on any atom is -0.329 e. The zero-order chi connectivity index (χ0) is 14.3. The van der Waals surface area contributed by atoms with Gasteiger partial charge in [0, 0.05) is 35.6 Å². The number of nitrogens with two attached hydrogens (primary N) is 1. The van der Waals surface area contributed by atoms with E-state index in [9.17, 15) is 0 Å². The number of aryl methyl sites for hydroxylation is 1. The number of rotatable bonds is 4. The van der Waals surface area contributed by atoms with Gasteiger partial charge in [-0.2, -0.15) is 0 Å². The molecule has 1 aromatic rings. The lowest BCUT2D eigenvalue weighted by atomic mass is 9.81. The molecule has 3 heterocycles. The second-order valence-corrected chi connectivity index (χ2v) is 7.54. The van der Waals surface area contributed by atoms with Gasteiger partial charge in [-0.25, -0.2) is 4.98 Å². The van der Waals surface area contributed by atoms with E-state index in [2.05, 4.69) is 35.8 Å². The monoisotopic (exact) mass is 294 g/mol. The van der Waals surface area contributed by atoms with Crippen LogP contribution in [0.1, 0.15) is 36.3 Å². The van der Waals surface area contributed by atoms with Crippen molar-refractivity contribution in [2.45, 2.75) is 56.8 Å². The molecule has 2 aliphatic heterocycles. The Hall–Kier alpha value is -0.490. The number of piperidine rings is 1. The molecule has 0 saturated carbocycles. The van der Waals surface area contributed by atoms with Crippen molar-refractivity contribution in [3.8, 4) is 0 Å². The number of hydrogen-bond acceptors (Lipinski definition) is 5. The average Bonchev–Trinajstić information content (AvgIpc) is 2.90. The van der Waals surface area contributed by atoms with Crippen LogP contribution in [0.15, 0.2) is 5.51 Å². The van der Waals surface area contributed by atoms with Gasteiger partial charge in [0.2, 0.25) is 0 Å². The fraction of sp³-hybridized carbons (Fsp3) is 0.800. The number of nitrogens with zero attached hydrogens (tertiary/aromatic N) is 3. The highest BCUT2D eigenvalue weighted by atomic mass is 32.1. The first-order valence-electron chi connectivity index (χ1n) is 7.58. The first kappa shape index (κ1) is 14.4. The van der Waals surface area contributed by atoms with Crippen LogP contribution in [0.2, 0.25) is 0 Å². The molecule has 4 nitrogen and oxygen atoms in total. The summed E-state index contributed by atoms with van der Waals surface area (Å²) in [6.07, 6.45) is 5.11. The fourth-order valence-corrected chi connectivity index (χ4v) is 4.87. The largest absolute Gasteiger partial charge is 0.329 e. The maximum atomic E-state index is 6.23. The van der Waals surface area contributed by atoms with Gasteiger partial charge in [0.05, 0.1) is 11.2 Å². The van der Waals surface area contributed by atoms with Crippen LogP contribution < -0.4 is 5.73 Å². The minimum absolute atomic E-state index is 0.175. The van der Waals surface area contributed by atoms with E-state index < -0.39 is 0 Å². The van der Waals surface area contributed by atoms with Crippen LogP contribution in [-0.2, 0) is 6.54 Å². The average molecular weight is 294 g/mol. The Balaban J connectivity index is 1.77. The van der Waals surface area contributed by atoms with Crippen LogP contribution in [0.4, 0.5) is 0 Å². The Morgan fingerprint density at radius 3 is 2.60 bits per heavy atom. The van der Waals surface area contributed by atoms with Crippen LogP contribution in [0.3, 0.4) is 0 Å². The van der Waals surface area contributed by atoms with Gasteiger partial charge >= 0.3 is 0 Å². The second kappa shape index (κ2) is 5.37. The van der Waals surface area contributed by atoms with Crippen molar-refractivity contribution in [3.05, 3.63) is 16.1 Å². The summed E-state index contributed by atoms with van der Waals surface area (Å²) in [6.45, 7) is 3.85. The molecule has 2 aliphatic rings. The van der Waals surface area contributed by atoms with Gasteiger partial charge in [-0.3, -0.25) is 4.90 Å². The number of likely N-dealkylation sites (N-methyl/N-ethyl adjacent to an activating group) is 1. The van der Waals surface area contributed by atoms with Crippen molar-refractivity contribution in [1.29, 1.82) is 0 Å². The third-order valence-electron chi connectivity index (χ3n) is 5.63. The molecule has 2 bridgehead atoms. The predicted octanol–water partition coefficient (Wildman–Crippen LogP) is 1.84. The van der Waals surface area contributed by atoms with Crippen LogP contribution in [0, 0.1) is 6.92 Å². The Morgan fingerprint density at radius 2 is 2.10 bits per heavy atom. The van der Waals surface area contributed by atoms with Crippen molar-refractivity contribution < 1.29 is 0 Å². The summed E-state index contributed by atoms with van der Waals surface area (Å²) >= 11 is 1.76. The molecule has 0 spiro atoms. The molecule has 2 atom stereocenters. The molecular formula is C15H26N4S. The lowest BCUT2D eigenvalue weighted by Gasteiger charge is -2.49. The summed E-state index contributed by atoms with van der Waals surface area (Å²) in [5.74, 6) is 0. The van der Waals surface area contributed by atoms with Crippen LogP contribution >= 0.6 is 11.3 Å². The Kier molecular flexibility index (Phi) is 3.88. The standard InChI is InChI=1S/C15H26N4S/c1-11-14(20-10-17-11)8-18(2)15(9-16)6-12-4-5-13(7-15)19(12)3/h10,12-13H,4-9,16H2,1-3H3. The smallest absolute Gasteiger partial charge is 0.0798 e. The summed E-state index contributed by atoms with van der Waals surface area (Å²) in [4.78, 5) is 10.8. The summed E-state index contributed by atoms with van der Waals surface area (Å²) < 4.78 is 0. The van der Waals surface area contributed by atoms with E-state index in [0.29, 0.717) is 0 Å². The third-order valence-corrected chi connectivity index (χ3v) is 6.55. The molecule has 1 aromatic heterocycles. The summed E-state index contributed by atoms with van der Waals surface area (Å²) in [7, 11) is 4.53. The third kappa shape index (κ3) is 2.30. The van der Waals surface area contributed by atoms with Crippen molar-refractivity contribution in [1.82, 2.24) is 14.8 Å². The maximum Gasteiger partial charge on any atom is 0.0798 e. The summed E-state index contributed by atoms with van der Waals surface area (Å²) in [5, 5.41) is 0. The van der Waals surface area contributed by atoms with Gasteiger partial charge in [-0.15, -0.1) is 11.3 Å². The SMILES string of the molecule is Cc1ncsc1CN(C)C1(CN)CC2CCC(C1)N2C. The van der Waals surface area contributed by atoms with Gasteiger partial charge < -0.3 is 10.6 Å². The quantitative estimate of drug-likeness (QED) is 0.920. The summed E-state index contributed by atoms with van der Waals surface area (Å²) in [5.41, 5.74) is 9.53. The molecule has 2 saturated heterocycles. The molecule has 2 fully saturated rings. The van der Waals surface area contributed by atoms with Crippen LogP contribution in [0.5, 0.6) is 0 Å². The van der Waals surface area contributed by atoms with Crippen molar-refractivity contribution in [2.75, 3.05) is 20.6 Å². The summed E-state index contributed by atoms with van der Waals surface area (Å²) in [6, 6.07) is 1.45. The minimum atomic E-state index is 0.175. The number of fused-ring (bicyclic) bond motifs is 2. The highest BCUT2D eigenvalue weighted by molar-refractivity contribution is 7.09. The van der Waals surface area contributed by atoms with E-state index in [4.69, 9.17) is 5.73 Å². The molecule has 0 radical (unpaired) electrons. The van der Waals surface area contributed by atoms with E-state index >= 15 is 0 Å². The van der Waals surface area contributed by atoms with E-state index in [1.807, 2.05) is 5.51 Å². The van der Waals surface area contributed by atoms with Gasteiger partial charge in [0.1, 0.15) is 0 Å². The van der Waals surface area contributed by atoms with Gasteiger partial charge in [0.15, 0.2) is 0 Å². The zero-order valence-electron chi connectivity index (χ0n) is 12.8. The van der Waals surface area contributed by atoms with Crippen LogP contribution in [-0.4, -0.2) is 53.0 Å². The fourth-order valence-electron chi connectivity index (χ4n) is 4.04. The van der Waals surface area contributed by atoms with Crippen LogP contribution in [0.25, 0.3) is 0 Å². The second-order valence-electron chi connectivity index (χ2n) is 6.60. The lowest BCUT2D eigenvalue weighted by Crippen LogP contribution is -2.60. The molecule has 0 amide bonds. The molecule has 2 N–H and O–H groups in total. The van der Waals surface area contributed by atoms with Gasteiger partial charge in [-0.1, -0.05) is 0 Å². The predicted molar refractivity (Wildman–Crippen MR) is 83.9 cm³/mol. The number of thiazole rings is 1. The van der Waals surface area contributed by atoms with E-state index in [1.165, 1.54) is 36.3 Å². The molecule has 112 valence electrons. The Labute approximate surface area is 126 Å². The molecule has 5 heteroatoms. The first-order chi connectivity index (χ1) is 9.55. The number of aromatic nitrogens is 1. The molecular weight excluding hydrogens is 268 g/mol. The topological polar surface area (TPSA) is 45.4 Å². The van der Waals surface area contributed by atoms with Crippen molar-refractivity contribution >= 4 is 11.3 Å². The molecule has 3 rings (SSSR count). The van der Waals surface area contributed by atoms with Gasteiger partial charge in [-0.05, 0) is 46.7 Å². The molecule has 2 unspecified atom stereocenters. The highest BCUT2D eigenvalue weighted by Crippen LogP contribution is 2.42. The molecule has 0 aliphatic carbocycles. The van der Waals surface area contributed by atoms with E-state index in [-0.39, 0.29) is 5.54 Å². The first-order valence-corrected chi connectivity index (χ1v) is 8.46. The lowest BCUT2D eigenvalue weighted by molar-refractivity contribution is 0.0122. The Morgan fingerprint density at radius 1 is 1.45 bits per heavy atom.